The van der Waals surface area contributed by atoms with Crippen LogP contribution in [0.3, 0.4) is 0 Å². The van der Waals surface area contributed by atoms with Gasteiger partial charge in [0.15, 0.2) is 5.54 Å². The molecule has 1 aromatic heterocycles. The monoisotopic (exact) mass is 410 g/mol. The van der Waals surface area contributed by atoms with Crippen LogP contribution in [-0.4, -0.2) is 51.8 Å². The number of urea groups is 1. The molecular weight excluding hydrogens is 380 g/mol. The number of nitrogens with one attached hydrogen (secondary N) is 2. The second-order valence-electron chi connectivity index (χ2n) is 9.28. The maximum Gasteiger partial charge on any atom is 0.328 e. The molecule has 4 amide bonds. The highest BCUT2D eigenvalue weighted by atomic mass is 16.2. The van der Waals surface area contributed by atoms with Crippen molar-refractivity contribution >= 4 is 28.7 Å². The molecule has 0 saturated carbocycles. The molecule has 0 radical (unpaired) electrons. The van der Waals surface area contributed by atoms with E-state index in [9.17, 15) is 14.4 Å². The molecule has 1 saturated heterocycles. The van der Waals surface area contributed by atoms with Crippen molar-refractivity contribution in [2.75, 3.05) is 13.1 Å². The van der Waals surface area contributed by atoms with Gasteiger partial charge >= 0.3 is 6.03 Å². The van der Waals surface area contributed by atoms with Crippen molar-refractivity contribution in [2.45, 2.75) is 52.6 Å². The van der Waals surface area contributed by atoms with Crippen molar-refractivity contribution in [3.8, 4) is 0 Å². The lowest BCUT2D eigenvalue weighted by molar-refractivity contribution is -0.140. The molecule has 1 aromatic carbocycles. The van der Waals surface area contributed by atoms with E-state index in [1.165, 1.54) is 4.90 Å². The average Bonchev–Trinajstić information content (AvgIpc) is 3.16. The number of carbonyl (C=O) groups excluding carboxylic acids is 3. The normalized spacial score (nSPS) is 22.1. The summed E-state index contributed by atoms with van der Waals surface area (Å²) in [4.78, 5) is 46.4. The lowest BCUT2D eigenvalue weighted by Crippen LogP contribution is -2.53. The summed E-state index contributed by atoms with van der Waals surface area (Å²) in [5.41, 5.74) is 1.67. The highest BCUT2D eigenvalue weighted by Gasteiger charge is 2.61. The van der Waals surface area contributed by atoms with Gasteiger partial charge in [-0.2, -0.15) is 0 Å². The molecular formula is C23H30N4O3. The lowest BCUT2D eigenvalue weighted by atomic mass is 9.86. The first-order chi connectivity index (χ1) is 14.2. The lowest BCUT2D eigenvalue weighted by Gasteiger charge is -2.36. The third-order valence-electron chi connectivity index (χ3n) is 6.36. The molecule has 2 aliphatic heterocycles. The number of carbonyl (C=O) groups is 3. The van der Waals surface area contributed by atoms with E-state index in [0.29, 0.717) is 19.5 Å². The molecule has 7 nitrogen and oxygen atoms in total. The SMILES string of the molecule is CC(C)CNC(=O)C(C(C)C)N1C(=O)N2CCc3c([nH]c4ccccc34)C2(C)C1=O. The minimum atomic E-state index is -1.13. The van der Waals surface area contributed by atoms with Gasteiger partial charge in [-0.1, -0.05) is 45.9 Å². The number of benzene rings is 1. The van der Waals surface area contributed by atoms with E-state index in [4.69, 9.17) is 0 Å². The molecule has 2 N–H and O–H groups in total. The Morgan fingerprint density at radius 3 is 2.57 bits per heavy atom. The zero-order chi connectivity index (χ0) is 21.8. The Bertz CT molecular complexity index is 1020. The minimum Gasteiger partial charge on any atom is -0.356 e. The Morgan fingerprint density at radius 2 is 1.90 bits per heavy atom. The summed E-state index contributed by atoms with van der Waals surface area (Å²) in [7, 11) is 0. The number of fused-ring (bicyclic) bond motifs is 5. The van der Waals surface area contributed by atoms with Crippen molar-refractivity contribution in [3.05, 3.63) is 35.5 Å². The van der Waals surface area contributed by atoms with E-state index in [1.54, 1.807) is 11.8 Å². The van der Waals surface area contributed by atoms with E-state index in [2.05, 4.69) is 10.3 Å². The molecule has 2 unspecified atom stereocenters. The number of para-hydroxylation sites is 1. The molecule has 4 rings (SSSR count). The molecule has 7 heteroatoms. The van der Waals surface area contributed by atoms with Gasteiger partial charge in [-0.15, -0.1) is 0 Å². The van der Waals surface area contributed by atoms with Crippen LogP contribution in [0.4, 0.5) is 4.79 Å². The zero-order valence-electron chi connectivity index (χ0n) is 18.3. The van der Waals surface area contributed by atoms with Gasteiger partial charge in [0.1, 0.15) is 6.04 Å². The smallest absolute Gasteiger partial charge is 0.328 e. The molecule has 2 aromatic rings. The Morgan fingerprint density at radius 1 is 1.20 bits per heavy atom. The second kappa shape index (κ2) is 7.15. The maximum atomic E-state index is 13.8. The summed E-state index contributed by atoms with van der Waals surface area (Å²) in [6.07, 6.45) is 0.674. The highest BCUT2D eigenvalue weighted by molar-refractivity contribution is 6.11. The van der Waals surface area contributed by atoms with Crippen LogP contribution in [0.1, 0.15) is 45.9 Å². The van der Waals surface area contributed by atoms with Crippen molar-refractivity contribution in [3.63, 3.8) is 0 Å². The summed E-state index contributed by atoms with van der Waals surface area (Å²) in [6.45, 7) is 10.5. The predicted molar refractivity (Wildman–Crippen MR) is 115 cm³/mol. The molecule has 1 fully saturated rings. The van der Waals surface area contributed by atoms with Gasteiger partial charge < -0.3 is 15.2 Å². The largest absolute Gasteiger partial charge is 0.356 e. The fourth-order valence-electron chi connectivity index (χ4n) is 4.79. The number of rotatable bonds is 5. The Hall–Kier alpha value is -2.83. The molecule has 30 heavy (non-hydrogen) atoms. The Kier molecular flexibility index (Phi) is 4.87. The van der Waals surface area contributed by atoms with Crippen molar-refractivity contribution in [1.82, 2.24) is 20.1 Å². The molecule has 0 aliphatic carbocycles. The van der Waals surface area contributed by atoms with Crippen LogP contribution in [-0.2, 0) is 21.5 Å². The average molecular weight is 411 g/mol. The van der Waals surface area contributed by atoms with E-state index in [0.717, 1.165) is 22.2 Å². The van der Waals surface area contributed by atoms with Gasteiger partial charge in [-0.25, -0.2) is 9.69 Å². The number of aromatic nitrogens is 1. The van der Waals surface area contributed by atoms with Gasteiger partial charge in [-0.3, -0.25) is 9.59 Å². The van der Waals surface area contributed by atoms with Crippen LogP contribution in [0, 0.1) is 11.8 Å². The van der Waals surface area contributed by atoms with Crippen molar-refractivity contribution in [2.24, 2.45) is 11.8 Å². The number of nitrogens with zero attached hydrogens (tertiary/aromatic N) is 2. The number of imide groups is 1. The Labute approximate surface area is 176 Å². The van der Waals surface area contributed by atoms with Gasteiger partial charge in [0.25, 0.3) is 5.91 Å². The topological polar surface area (TPSA) is 85.5 Å². The van der Waals surface area contributed by atoms with Crippen molar-refractivity contribution in [1.29, 1.82) is 0 Å². The summed E-state index contributed by atoms with van der Waals surface area (Å²) in [5, 5.41) is 3.99. The molecule has 2 aliphatic rings. The van der Waals surface area contributed by atoms with Gasteiger partial charge in [0.05, 0.1) is 5.69 Å². The number of amides is 4. The van der Waals surface area contributed by atoms with E-state index in [-0.39, 0.29) is 29.7 Å². The third-order valence-corrected chi connectivity index (χ3v) is 6.36. The fourth-order valence-corrected chi connectivity index (χ4v) is 4.79. The van der Waals surface area contributed by atoms with Crippen LogP contribution in [0.5, 0.6) is 0 Å². The molecule has 2 atom stereocenters. The van der Waals surface area contributed by atoms with E-state index in [1.807, 2.05) is 52.0 Å². The molecule has 160 valence electrons. The standard InChI is InChI=1S/C23H30N4O3/c1-13(2)12-24-20(28)18(14(3)4)27-21(29)23(5)19-16(10-11-26(23)22(27)30)15-8-6-7-9-17(15)25-19/h6-9,13-14,18,25H,10-12H2,1-5H3,(H,24,28). The number of H-pyrrole nitrogens is 1. The number of hydrogen-bond acceptors (Lipinski definition) is 3. The summed E-state index contributed by atoms with van der Waals surface area (Å²) >= 11 is 0. The van der Waals surface area contributed by atoms with Crippen molar-refractivity contribution < 1.29 is 14.4 Å². The van der Waals surface area contributed by atoms with Gasteiger partial charge in [-0.05, 0) is 36.8 Å². The first-order valence-corrected chi connectivity index (χ1v) is 10.7. The number of hydrogen-bond donors (Lipinski definition) is 2. The number of aromatic amines is 1. The second-order valence-corrected chi connectivity index (χ2v) is 9.28. The van der Waals surface area contributed by atoms with Crippen LogP contribution >= 0.6 is 0 Å². The summed E-state index contributed by atoms with van der Waals surface area (Å²) in [6, 6.07) is 6.73. The summed E-state index contributed by atoms with van der Waals surface area (Å²) in [5.74, 6) is -0.527. The van der Waals surface area contributed by atoms with E-state index < -0.39 is 11.6 Å². The zero-order valence-corrected chi connectivity index (χ0v) is 18.3. The fraction of sp³-hybridized carbons (Fsp3) is 0.522. The Balaban J connectivity index is 1.76. The highest BCUT2D eigenvalue weighted by Crippen LogP contribution is 2.45. The predicted octanol–water partition coefficient (Wildman–Crippen LogP) is 3.00. The van der Waals surface area contributed by atoms with E-state index >= 15 is 0 Å². The first-order valence-electron chi connectivity index (χ1n) is 10.7. The quantitative estimate of drug-likeness (QED) is 0.743. The van der Waals surface area contributed by atoms with Crippen LogP contribution in [0.2, 0.25) is 0 Å². The first kappa shape index (κ1) is 20.4. The van der Waals surface area contributed by atoms with Crippen LogP contribution in [0.15, 0.2) is 24.3 Å². The minimum absolute atomic E-state index is 0.197. The maximum absolute atomic E-state index is 13.8. The van der Waals surface area contributed by atoms with Crippen LogP contribution in [0.25, 0.3) is 10.9 Å². The van der Waals surface area contributed by atoms with Gasteiger partial charge in [0, 0.05) is 24.0 Å². The van der Waals surface area contributed by atoms with Gasteiger partial charge in [0.2, 0.25) is 5.91 Å². The molecule has 0 spiro atoms. The van der Waals surface area contributed by atoms with Crippen LogP contribution < -0.4 is 5.32 Å². The molecule has 0 bridgehead atoms. The molecule has 3 heterocycles. The third kappa shape index (κ3) is 2.82. The summed E-state index contributed by atoms with van der Waals surface area (Å²) < 4.78 is 0.